The second kappa shape index (κ2) is 5.43. The highest BCUT2D eigenvalue weighted by atomic mass is 32.1. The lowest BCUT2D eigenvalue weighted by molar-refractivity contribution is -0.0221. The third-order valence-electron chi connectivity index (χ3n) is 3.44. The van der Waals surface area contributed by atoms with Gasteiger partial charge >= 0.3 is 0 Å². The standard InChI is InChI=1S/C11H12N6O3S/c12-11-10-6(14-3-15-11)4(2-21-10)9-7(16-17-13)8(19)5(1-18)20-9/h2-3,5,7-9,18-19H,1H2,(H2,12,14,15)/t5-,7?,8-,9+/m1/s1. The van der Waals surface area contributed by atoms with Gasteiger partial charge in [0.05, 0.1) is 35.1 Å². The Labute approximate surface area is 122 Å². The molecule has 10 heteroatoms. The fraction of sp³-hybridized carbons (Fsp3) is 0.455. The summed E-state index contributed by atoms with van der Waals surface area (Å²) in [6.07, 6.45) is -1.23. The van der Waals surface area contributed by atoms with Crippen LogP contribution in [0, 0.1) is 0 Å². The lowest BCUT2D eigenvalue weighted by atomic mass is 10.0. The first-order valence-corrected chi connectivity index (χ1v) is 7.01. The third-order valence-corrected chi connectivity index (χ3v) is 4.45. The number of nitrogen functional groups attached to an aromatic ring is 1. The molecule has 0 bridgehead atoms. The molecule has 110 valence electrons. The maximum Gasteiger partial charge on any atom is 0.144 e. The summed E-state index contributed by atoms with van der Waals surface area (Å²) in [5.74, 6) is 0.355. The van der Waals surface area contributed by atoms with E-state index in [2.05, 4.69) is 20.0 Å². The van der Waals surface area contributed by atoms with Gasteiger partial charge in [0.25, 0.3) is 0 Å². The topological polar surface area (TPSA) is 150 Å². The number of aromatic nitrogens is 2. The highest BCUT2D eigenvalue weighted by molar-refractivity contribution is 7.17. The SMILES string of the molecule is [N-]=[N+]=NC1[C@H](c2csc3c(N)ncnc23)O[C@H](CO)[C@H]1O. The lowest BCUT2D eigenvalue weighted by Gasteiger charge is -2.14. The van der Waals surface area contributed by atoms with E-state index in [4.69, 9.17) is 16.0 Å². The molecule has 0 aliphatic carbocycles. The van der Waals surface area contributed by atoms with Crippen molar-refractivity contribution in [2.75, 3.05) is 12.3 Å². The first-order valence-electron chi connectivity index (χ1n) is 6.13. The zero-order valence-electron chi connectivity index (χ0n) is 10.7. The summed E-state index contributed by atoms with van der Waals surface area (Å²) in [6, 6.07) is -0.832. The molecule has 0 saturated carbocycles. The van der Waals surface area contributed by atoms with Crippen LogP contribution in [0.5, 0.6) is 0 Å². The smallest absolute Gasteiger partial charge is 0.144 e. The van der Waals surface area contributed by atoms with Gasteiger partial charge in [-0.05, 0) is 10.9 Å². The molecule has 0 radical (unpaired) electrons. The Kier molecular flexibility index (Phi) is 3.62. The van der Waals surface area contributed by atoms with Crippen LogP contribution in [0.1, 0.15) is 11.7 Å². The number of nitrogens with two attached hydrogens (primary N) is 1. The summed E-state index contributed by atoms with van der Waals surface area (Å²) in [5.41, 5.74) is 15.7. The number of aliphatic hydroxyl groups is 2. The van der Waals surface area contributed by atoms with Crippen molar-refractivity contribution in [2.45, 2.75) is 24.4 Å². The molecule has 0 amide bonds. The van der Waals surface area contributed by atoms with Crippen LogP contribution in [-0.2, 0) is 4.74 Å². The molecule has 1 fully saturated rings. The molecule has 3 rings (SSSR count). The third kappa shape index (κ3) is 2.19. The number of nitrogens with zero attached hydrogens (tertiary/aromatic N) is 5. The molecule has 1 aliphatic heterocycles. The Balaban J connectivity index is 2.08. The molecule has 2 aromatic rings. The molecule has 1 aliphatic rings. The molecule has 2 aromatic heterocycles. The Morgan fingerprint density at radius 2 is 2.33 bits per heavy atom. The zero-order valence-corrected chi connectivity index (χ0v) is 11.5. The minimum absolute atomic E-state index is 0.355. The number of aliphatic hydroxyl groups excluding tert-OH is 2. The summed E-state index contributed by atoms with van der Waals surface area (Å²) in [7, 11) is 0. The molecule has 4 N–H and O–H groups in total. The van der Waals surface area contributed by atoms with Crippen LogP contribution < -0.4 is 5.73 Å². The van der Waals surface area contributed by atoms with Gasteiger partial charge in [-0.3, -0.25) is 0 Å². The highest BCUT2D eigenvalue weighted by Gasteiger charge is 2.44. The monoisotopic (exact) mass is 308 g/mol. The molecule has 4 atom stereocenters. The van der Waals surface area contributed by atoms with Crippen molar-refractivity contribution in [1.29, 1.82) is 0 Å². The van der Waals surface area contributed by atoms with E-state index in [1.807, 2.05) is 0 Å². The van der Waals surface area contributed by atoms with E-state index in [-0.39, 0.29) is 6.61 Å². The summed E-state index contributed by atoms with van der Waals surface area (Å²) < 4.78 is 6.33. The van der Waals surface area contributed by atoms with Gasteiger partial charge in [0.1, 0.15) is 18.2 Å². The van der Waals surface area contributed by atoms with E-state index < -0.39 is 24.4 Å². The molecule has 21 heavy (non-hydrogen) atoms. The van der Waals surface area contributed by atoms with Crippen molar-refractivity contribution >= 4 is 27.4 Å². The molecule has 3 heterocycles. The van der Waals surface area contributed by atoms with Gasteiger partial charge < -0.3 is 20.7 Å². The summed E-state index contributed by atoms with van der Waals surface area (Å²) in [5, 5.41) is 24.7. The number of fused-ring (bicyclic) bond motifs is 1. The highest BCUT2D eigenvalue weighted by Crippen LogP contribution is 2.41. The summed E-state index contributed by atoms with van der Waals surface area (Å²) in [6.45, 7) is -0.367. The van der Waals surface area contributed by atoms with Crippen LogP contribution >= 0.6 is 11.3 Å². The summed E-state index contributed by atoms with van der Waals surface area (Å²) in [4.78, 5) is 10.8. The zero-order chi connectivity index (χ0) is 15.0. The van der Waals surface area contributed by atoms with Crippen LogP contribution in [0.4, 0.5) is 5.82 Å². The van der Waals surface area contributed by atoms with E-state index in [0.29, 0.717) is 21.6 Å². The van der Waals surface area contributed by atoms with Gasteiger partial charge in [0.2, 0.25) is 0 Å². The van der Waals surface area contributed by atoms with Gasteiger partial charge in [0, 0.05) is 10.5 Å². The number of anilines is 1. The first-order chi connectivity index (χ1) is 10.2. The van der Waals surface area contributed by atoms with E-state index in [1.54, 1.807) is 5.38 Å². The van der Waals surface area contributed by atoms with Gasteiger partial charge in [0.15, 0.2) is 0 Å². The maximum absolute atomic E-state index is 10.1. The van der Waals surface area contributed by atoms with Gasteiger partial charge in [-0.1, -0.05) is 5.11 Å². The van der Waals surface area contributed by atoms with Crippen molar-refractivity contribution < 1.29 is 14.9 Å². The molecule has 1 unspecified atom stereocenters. The Morgan fingerprint density at radius 3 is 3.05 bits per heavy atom. The number of rotatable bonds is 3. The van der Waals surface area contributed by atoms with Crippen LogP contribution in [0.2, 0.25) is 0 Å². The molecule has 9 nitrogen and oxygen atoms in total. The quantitative estimate of drug-likeness (QED) is 0.432. The van der Waals surface area contributed by atoms with Gasteiger partial charge in [-0.25, -0.2) is 9.97 Å². The average Bonchev–Trinajstić information content (AvgIpc) is 3.03. The second-order valence-electron chi connectivity index (χ2n) is 4.59. The Morgan fingerprint density at radius 1 is 1.52 bits per heavy atom. The second-order valence-corrected chi connectivity index (χ2v) is 5.47. The Hall–Kier alpha value is -1.97. The number of thiophene rings is 1. The minimum atomic E-state index is -1.08. The first kappa shape index (κ1) is 14.0. The van der Waals surface area contributed by atoms with Crippen molar-refractivity contribution in [3.63, 3.8) is 0 Å². The molecule has 0 spiro atoms. The van der Waals surface area contributed by atoms with Crippen LogP contribution in [0.15, 0.2) is 16.8 Å². The fourth-order valence-electron chi connectivity index (χ4n) is 2.43. The average molecular weight is 308 g/mol. The van der Waals surface area contributed by atoms with Crippen molar-refractivity contribution in [3.05, 3.63) is 27.7 Å². The molecule has 1 saturated heterocycles. The molecular weight excluding hydrogens is 296 g/mol. The molecule has 0 aromatic carbocycles. The van der Waals surface area contributed by atoms with E-state index in [1.165, 1.54) is 17.7 Å². The minimum Gasteiger partial charge on any atom is -0.394 e. The van der Waals surface area contributed by atoms with Crippen LogP contribution in [0.3, 0.4) is 0 Å². The van der Waals surface area contributed by atoms with Crippen LogP contribution in [-0.4, -0.2) is 45.0 Å². The van der Waals surface area contributed by atoms with E-state index in [0.717, 1.165) is 0 Å². The fourth-order valence-corrected chi connectivity index (χ4v) is 3.38. The van der Waals surface area contributed by atoms with Crippen molar-refractivity contribution in [2.24, 2.45) is 5.11 Å². The van der Waals surface area contributed by atoms with Crippen molar-refractivity contribution in [3.8, 4) is 0 Å². The van der Waals surface area contributed by atoms with Gasteiger partial charge in [-0.2, -0.15) is 0 Å². The van der Waals surface area contributed by atoms with E-state index >= 15 is 0 Å². The van der Waals surface area contributed by atoms with Crippen molar-refractivity contribution in [1.82, 2.24) is 9.97 Å². The van der Waals surface area contributed by atoms with E-state index in [9.17, 15) is 10.2 Å². The maximum atomic E-state index is 10.1. The van der Waals surface area contributed by atoms with Gasteiger partial charge in [-0.15, -0.1) is 11.3 Å². The summed E-state index contributed by atoms with van der Waals surface area (Å²) >= 11 is 1.35. The predicted molar refractivity (Wildman–Crippen MR) is 75.5 cm³/mol. The number of azide groups is 1. The lowest BCUT2D eigenvalue weighted by Crippen LogP contribution is -2.31. The Bertz CT molecular complexity index is 715. The van der Waals surface area contributed by atoms with Crippen LogP contribution in [0.25, 0.3) is 20.7 Å². The molecular formula is C11H12N6O3S. The predicted octanol–water partition coefficient (Wildman–Crippen LogP) is 0.745. The largest absolute Gasteiger partial charge is 0.394 e. The normalized spacial score (nSPS) is 28.7. The number of hydrogen-bond donors (Lipinski definition) is 3. The number of hydrogen-bond acceptors (Lipinski definition) is 8. The number of ether oxygens (including phenoxy) is 1.